The highest BCUT2D eigenvalue weighted by Crippen LogP contribution is 2.29. The SMILES string of the molecule is Cc1nc(Cl)c(Br)cc1-c1ccncc1. The lowest BCUT2D eigenvalue weighted by Gasteiger charge is -2.06. The van der Waals surface area contributed by atoms with E-state index in [2.05, 4.69) is 25.9 Å². The van der Waals surface area contributed by atoms with E-state index in [1.165, 1.54) is 0 Å². The molecule has 0 N–H and O–H groups in total. The normalized spacial score (nSPS) is 10.3. The first-order chi connectivity index (χ1) is 7.18. The highest BCUT2D eigenvalue weighted by Gasteiger charge is 2.07. The van der Waals surface area contributed by atoms with E-state index in [9.17, 15) is 0 Å². The van der Waals surface area contributed by atoms with Gasteiger partial charge >= 0.3 is 0 Å². The van der Waals surface area contributed by atoms with E-state index in [1.54, 1.807) is 12.4 Å². The first kappa shape index (κ1) is 10.6. The second-order valence-corrected chi connectivity index (χ2v) is 4.34. The number of pyridine rings is 2. The van der Waals surface area contributed by atoms with Crippen molar-refractivity contribution in [3.05, 3.63) is 45.9 Å². The Balaban J connectivity index is 2.59. The highest BCUT2D eigenvalue weighted by atomic mass is 79.9. The zero-order chi connectivity index (χ0) is 10.8. The van der Waals surface area contributed by atoms with Gasteiger partial charge in [-0.05, 0) is 46.6 Å². The van der Waals surface area contributed by atoms with Gasteiger partial charge in [-0.15, -0.1) is 0 Å². The van der Waals surface area contributed by atoms with E-state index >= 15 is 0 Å². The number of halogens is 2. The number of aryl methyl sites for hydroxylation is 1. The molecule has 0 atom stereocenters. The van der Waals surface area contributed by atoms with Crippen LogP contribution in [0.4, 0.5) is 0 Å². The van der Waals surface area contributed by atoms with Crippen molar-refractivity contribution in [2.24, 2.45) is 0 Å². The maximum Gasteiger partial charge on any atom is 0.143 e. The summed E-state index contributed by atoms with van der Waals surface area (Å²) in [7, 11) is 0. The Hall–Kier alpha value is -0.930. The fourth-order valence-corrected chi connectivity index (χ4v) is 1.87. The number of hydrogen-bond donors (Lipinski definition) is 0. The summed E-state index contributed by atoms with van der Waals surface area (Å²) >= 11 is 9.27. The lowest BCUT2D eigenvalue weighted by molar-refractivity contribution is 1.19. The van der Waals surface area contributed by atoms with Gasteiger partial charge in [0.15, 0.2) is 0 Å². The minimum Gasteiger partial charge on any atom is -0.265 e. The molecule has 0 aliphatic rings. The summed E-state index contributed by atoms with van der Waals surface area (Å²) in [6, 6.07) is 5.87. The summed E-state index contributed by atoms with van der Waals surface area (Å²) in [5.41, 5.74) is 3.07. The smallest absolute Gasteiger partial charge is 0.143 e. The molecule has 0 unspecified atom stereocenters. The average Bonchev–Trinajstić information content (AvgIpc) is 2.25. The largest absolute Gasteiger partial charge is 0.265 e. The van der Waals surface area contributed by atoms with E-state index in [-0.39, 0.29) is 0 Å². The van der Waals surface area contributed by atoms with Crippen LogP contribution in [0.25, 0.3) is 11.1 Å². The first-order valence-electron chi connectivity index (χ1n) is 4.41. The molecule has 0 saturated heterocycles. The molecule has 0 fully saturated rings. The van der Waals surface area contributed by atoms with Gasteiger partial charge in [-0.2, -0.15) is 0 Å². The van der Waals surface area contributed by atoms with Gasteiger partial charge in [0.1, 0.15) is 5.15 Å². The Morgan fingerprint density at radius 2 is 1.93 bits per heavy atom. The number of rotatable bonds is 1. The summed E-state index contributed by atoms with van der Waals surface area (Å²) in [6.45, 7) is 1.94. The first-order valence-corrected chi connectivity index (χ1v) is 5.58. The van der Waals surface area contributed by atoms with Crippen molar-refractivity contribution >= 4 is 27.5 Å². The van der Waals surface area contributed by atoms with Gasteiger partial charge < -0.3 is 0 Å². The van der Waals surface area contributed by atoms with E-state index < -0.39 is 0 Å². The molecule has 2 aromatic rings. The van der Waals surface area contributed by atoms with E-state index in [1.807, 2.05) is 25.1 Å². The molecule has 0 radical (unpaired) electrons. The molecule has 0 saturated carbocycles. The monoisotopic (exact) mass is 282 g/mol. The third-order valence-electron chi connectivity index (χ3n) is 2.12. The van der Waals surface area contributed by atoms with Crippen LogP contribution >= 0.6 is 27.5 Å². The lowest BCUT2D eigenvalue weighted by atomic mass is 10.1. The van der Waals surface area contributed by atoms with Crippen molar-refractivity contribution in [2.45, 2.75) is 6.92 Å². The summed E-state index contributed by atoms with van der Waals surface area (Å²) in [5, 5.41) is 0.491. The molecule has 2 rings (SSSR count). The minimum atomic E-state index is 0.491. The van der Waals surface area contributed by atoms with Gasteiger partial charge in [0.2, 0.25) is 0 Å². The molecular weight excluding hydrogens is 275 g/mol. The standard InChI is InChI=1S/C11H8BrClN2/c1-7-9(6-10(12)11(13)15-7)8-2-4-14-5-3-8/h2-6H,1H3. The number of hydrogen-bond acceptors (Lipinski definition) is 2. The molecule has 2 nitrogen and oxygen atoms in total. The predicted molar refractivity (Wildman–Crippen MR) is 64.9 cm³/mol. The maximum atomic E-state index is 5.90. The summed E-state index contributed by atoms with van der Waals surface area (Å²) < 4.78 is 0.807. The van der Waals surface area contributed by atoms with Crippen LogP contribution in [0.15, 0.2) is 35.1 Å². The van der Waals surface area contributed by atoms with Gasteiger partial charge in [-0.3, -0.25) is 4.98 Å². The zero-order valence-electron chi connectivity index (χ0n) is 8.04. The zero-order valence-corrected chi connectivity index (χ0v) is 10.4. The predicted octanol–water partition coefficient (Wildman–Crippen LogP) is 3.87. The second-order valence-electron chi connectivity index (χ2n) is 3.13. The molecule has 15 heavy (non-hydrogen) atoms. The quantitative estimate of drug-likeness (QED) is 0.743. The molecule has 2 aromatic heterocycles. The van der Waals surface area contributed by atoms with Crippen molar-refractivity contribution in [3.63, 3.8) is 0 Å². The Morgan fingerprint density at radius 3 is 2.60 bits per heavy atom. The van der Waals surface area contributed by atoms with Gasteiger partial charge in [-0.25, -0.2) is 4.98 Å². The minimum absolute atomic E-state index is 0.491. The topological polar surface area (TPSA) is 25.8 Å². The van der Waals surface area contributed by atoms with Crippen LogP contribution in [0, 0.1) is 6.92 Å². The molecule has 0 aliphatic carbocycles. The van der Waals surface area contributed by atoms with E-state index in [0.29, 0.717) is 5.15 Å². The van der Waals surface area contributed by atoms with Crippen LogP contribution in [0.2, 0.25) is 5.15 Å². The Morgan fingerprint density at radius 1 is 1.27 bits per heavy atom. The molecule has 0 amide bonds. The van der Waals surface area contributed by atoms with Crippen LogP contribution in [0.1, 0.15) is 5.69 Å². The van der Waals surface area contributed by atoms with Gasteiger partial charge in [0.25, 0.3) is 0 Å². The van der Waals surface area contributed by atoms with Crippen LogP contribution in [-0.4, -0.2) is 9.97 Å². The van der Waals surface area contributed by atoms with E-state index in [0.717, 1.165) is 21.3 Å². The number of nitrogens with zero attached hydrogens (tertiary/aromatic N) is 2. The molecule has 0 spiro atoms. The Bertz CT molecular complexity index is 485. The average molecular weight is 284 g/mol. The molecule has 0 aromatic carbocycles. The van der Waals surface area contributed by atoms with Crippen molar-refractivity contribution in [1.82, 2.24) is 9.97 Å². The van der Waals surface area contributed by atoms with Crippen molar-refractivity contribution in [1.29, 1.82) is 0 Å². The Labute approximate surface area is 101 Å². The number of aromatic nitrogens is 2. The molecule has 0 bridgehead atoms. The van der Waals surface area contributed by atoms with Crippen molar-refractivity contribution < 1.29 is 0 Å². The van der Waals surface area contributed by atoms with Crippen LogP contribution < -0.4 is 0 Å². The van der Waals surface area contributed by atoms with Gasteiger partial charge in [0.05, 0.1) is 4.47 Å². The molecule has 4 heteroatoms. The molecule has 2 heterocycles. The molecule has 0 aliphatic heterocycles. The second kappa shape index (κ2) is 4.29. The fourth-order valence-electron chi connectivity index (χ4n) is 1.38. The van der Waals surface area contributed by atoms with Crippen molar-refractivity contribution in [3.8, 4) is 11.1 Å². The summed E-state index contributed by atoms with van der Waals surface area (Å²) in [5.74, 6) is 0. The van der Waals surface area contributed by atoms with Crippen LogP contribution in [-0.2, 0) is 0 Å². The third kappa shape index (κ3) is 2.19. The fraction of sp³-hybridized carbons (Fsp3) is 0.0909. The van der Waals surface area contributed by atoms with Crippen molar-refractivity contribution in [2.75, 3.05) is 0 Å². The molecular formula is C11H8BrClN2. The lowest BCUT2D eigenvalue weighted by Crippen LogP contribution is -1.89. The summed E-state index contributed by atoms with van der Waals surface area (Å²) in [6.07, 6.45) is 3.52. The van der Waals surface area contributed by atoms with Gasteiger partial charge in [0, 0.05) is 23.7 Å². The highest BCUT2D eigenvalue weighted by molar-refractivity contribution is 9.10. The molecule has 76 valence electrons. The third-order valence-corrected chi connectivity index (χ3v) is 3.24. The maximum absolute atomic E-state index is 5.90. The summed E-state index contributed by atoms with van der Waals surface area (Å²) in [4.78, 5) is 8.23. The van der Waals surface area contributed by atoms with Gasteiger partial charge in [-0.1, -0.05) is 11.6 Å². The van der Waals surface area contributed by atoms with Crippen LogP contribution in [0.3, 0.4) is 0 Å². The van der Waals surface area contributed by atoms with E-state index in [4.69, 9.17) is 11.6 Å². The Kier molecular flexibility index (Phi) is 3.03. The van der Waals surface area contributed by atoms with Crippen LogP contribution in [0.5, 0.6) is 0 Å².